The molecule has 0 saturated carbocycles. The van der Waals surface area contributed by atoms with Crippen LogP contribution in [0.5, 0.6) is 0 Å². The summed E-state index contributed by atoms with van der Waals surface area (Å²) in [5.74, 6) is 0.630. The van der Waals surface area contributed by atoms with Gasteiger partial charge in [0.15, 0.2) is 0 Å². The lowest BCUT2D eigenvalue weighted by Gasteiger charge is -1.93. The molecule has 0 aromatic carbocycles. The Labute approximate surface area is 78.0 Å². The van der Waals surface area contributed by atoms with E-state index in [1.54, 1.807) is 12.5 Å². The largest absolute Gasteiger partial charge is 0.472 e. The van der Waals surface area contributed by atoms with Crippen LogP contribution in [0.1, 0.15) is 18.9 Å². The van der Waals surface area contributed by atoms with Gasteiger partial charge in [0.2, 0.25) is 0 Å². The van der Waals surface area contributed by atoms with E-state index in [-0.39, 0.29) is 0 Å². The van der Waals surface area contributed by atoms with E-state index in [0.29, 0.717) is 5.88 Å². The Hall–Kier alpha value is -0.690. The van der Waals surface area contributed by atoms with Crippen molar-refractivity contribution in [3.8, 4) is 0 Å². The molecule has 0 spiro atoms. The van der Waals surface area contributed by atoms with Gasteiger partial charge >= 0.3 is 0 Å². The highest BCUT2D eigenvalue weighted by Crippen LogP contribution is 2.06. The van der Waals surface area contributed by atoms with E-state index in [2.05, 4.69) is 6.08 Å². The average molecular weight is 185 g/mol. The monoisotopic (exact) mass is 184 g/mol. The molecule has 0 radical (unpaired) electrons. The highest BCUT2D eigenvalue weighted by atomic mass is 35.5. The maximum atomic E-state index is 5.63. The second kappa shape index (κ2) is 5.04. The van der Waals surface area contributed by atoms with Crippen molar-refractivity contribution in [2.24, 2.45) is 0 Å². The standard InChI is InChI=1S/C10H13ClO/c1-9(7-11)3-2-4-10-5-6-12-8-10/h3,5-6,8H,2,4,7H2,1H3/b9-3+. The molecule has 2 heteroatoms. The molecule has 0 amide bonds. The number of hydrogen-bond donors (Lipinski definition) is 0. The van der Waals surface area contributed by atoms with Crippen LogP contribution in [0.2, 0.25) is 0 Å². The molecule has 0 unspecified atom stereocenters. The SMILES string of the molecule is C/C(=C\CCc1ccoc1)CCl. The fourth-order valence-corrected chi connectivity index (χ4v) is 1.08. The van der Waals surface area contributed by atoms with Crippen molar-refractivity contribution in [1.82, 2.24) is 0 Å². The second-order valence-corrected chi connectivity index (χ2v) is 3.12. The zero-order valence-corrected chi connectivity index (χ0v) is 7.97. The minimum atomic E-state index is 0.630. The highest BCUT2D eigenvalue weighted by Gasteiger charge is 1.92. The number of rotatable bonds is 4. The molecule has 0 aliphatic rings. The summed E-state index contributed by atoms with van der Waals surface area (Å²) >= 11 is 5.63. The van der Waals surface area contributed by atoms with E-state index in [1.165, 1.54) is 11.1 Å². The van der Waals surface area contributed by atoms with Crippen molar-refractivity contribution in [3.63, 3.8) is 0 Å². The molecule has 66 valence electrons. The Kier molecular flexibility index (Phi) is 3.95. The van der Waals surface area contributed by atoms with Gasteiger partial charge in [-0.15, -0.1) is 11.6 Å². The molecule has 0 fully saturated rings. The summed E-state index contributed by atoms with van der Waals surface area (Å²) < 4.78 is 4.95. The average Bonchev–Trinajstić information content (AvgIpc) is 2.57. The molecular formula is C10H13ClO. The van der Waals surface area contributed by atoms with Crippen LogP contribution >= 0.6 is 11.6 Å². The Balaban J connectivity index is 2.28. The fraction of sp³-hybridized carbons (Fsp3) is 0.400. The van der Waals surface area contributed by atoms with E-state index in [4.69, 9.17) is 16.0 Å². The van der Waals surface area contributed by atoms with Crippen molar-refractivity contribution < 1.29 is 4.42 Å². The molecule has 0 atom stereocenters. The van der Waals surface area contributed by atoms with Crippen molar-refractivity contribution >= 4 is 11.6 Å². The minimum absolute atomic E-state index is 0.630. The van der Waals surface area contributed by atoms with Crippen LogP contribution in [-0.4, -0.2) is 5.88 Å². The van der Waals surface area contributed by atoms with E-state index in [1.807, 2.05) is 13.0 Å². The number of alkyl halides is 1. The van der Waals surface area contributed by atoms with E-state index in [0.717, 1.165) is 12.8 Å². The van der Waals surface area contributed by atoms with Crippen LogP contribution in [0.25, 0.3) is 0 Å². The summed E-state index contributed by atoms with van der Waals surface area (Å²) in [5, 5.41) is 0. The van der Waals surface area contributed by atoms with Crippen LogP contribution in [-0.2, 0) is 6.42 Å². The number of halogens is 1. The predicted octanol–water partition coefficient (Wildman–Crippen LogP) is 3.40. The number of furan rings is 1. The molecule has 0 aliphatic heterocycles. The first-order chi connectivity index (χ1) is 5.83. The summed E-state index contributed by atoms with van der Waals surface area (Å²) in [6.07, 6.45) is 7.72. The van der Waals surface area contributed by atoms with Crippen LogP contribution < -0.4 is 0 Å². The molecule has 1 aromatic rings. The van der Waals surface area contributed by atoms with E-state index in [9.17, 15) is 0 Å². The van der Waals surface area contributed by atoms with Gasteiger partial charge in [0.1, 0.15) is 0 Å². The first kappa shape index (κ1) is 9.40. The van der Waals surface area contributed by atoms with E-state index >= 15 is 0 Å². The smallest absolute Gasteiger partial charge is 0.0934 e. The number of allylic oxidation sites excluding steroid dienone is 2. The lowest BCUT2D eigenvalue weighted by molar-refractivity contribution is 0.564. The molecule has 0 saturated heterocycles. The van der Waals surface area contributed by atoms with Gasteiger partial charge in [0, 0.05) is 5.88 Å². The number of hydrogen-bond acceptors (Lipinski definition) is 1. The van der Waals surface area contributed by atoms with Gasteiger partial charge in [-0.25, -0.2) is 0 Å². The Morgan fingerprint density at radius 1 is 1.67 bits per heavy atom. The van der Waals surface area contributed by atoms with Gasteiger partial charge < -0.3 is 4.42 Å². The summed E-state index contributed by atoms with van der Waals surface area (Å²) in [5.41, 5.74) is 2.48. The highest BCUT2D eigenvalue weighted by molar-refractivity contribution is 6.19. The molecule has 0 aliphatic carbocycles. The number of aryl methyl sites for hydroxylation is 1. The zero-order chi connectivity index (χ0) is 8.81. The molecule has 0 bridgehead atoms. The van der Waals surface area contributed by atoms with Crippen LogP contribution in [0.4, 0.5) is 0 Å². The normalized spacial score (nSPS) is 12.0. The summed E-state index contributed by atoms with van der Waals surface area (Å²) in [4.78, 5) is 0. The van der Waals surface area contributed by atoms with Crippen LogP contribution in [0, 0.1) is 0 Å². The molecule has 1 aromatic heterocycles. The Morgan fingerprint density at radius 3 is 3.08 bits per heavy atom. The first-order valence-electron chi connectivity index (χ1n) is 4.05. The second-order valence-electron chi connectivity index (χ2n) is 2.85. The van der Waals surface area contributed by atoms with Crippen molar-refractivity contribution in [3.05, 3.63) is 35.8 Å². The third-order valence-electron chi connectivity index (χ3n) is 1.72. The van der Waals surface area contributed by atoms with Gasteiger partial charge in [-0.1, -0.05) is 11.6 Å². The first-order valence-corrected chi connectivity index (χ1v) is 4.59. The molecule has 0 N–H and O–H groups in total. The third kappa shape index (κ3) is 3.14. The molecular weight excluding hydrogens is 172 g/mol. The maximum absolute atomic E-state index is 5.63. The molecule has 1 rings (SSSR count). The van der Waals surface area contributed by atoms with Gasteiger partial charge in [-0.3, -0.25) is 0 Å². The predicted molar refractivity (Wildman–Crippen MR) is 51.5 cm³/mol. The molecule has 12 heavy (non-hydrogen) atoms. The zero-order valence-electron chi connectivity index (χ0n) is 7.22. The topological polar surface area (TPSA) is 13.1 Å². The minimum Gasteiger partial charge on any atom is -0.472 e. The van der Waals surface area contributed by atoms with Crippen molar-refractivity contribution in [2.45, 2.75) is 19.8 Å². The lowest BCUT2D eigenvalue weighted by atomic mass is 10.1. The van der Waals surface area contributed by atoms with Crippen LogP contribution in [0.15, 0.2) is 34.7 Å². The Morgan fingerprint density at radius 2 is 2.50 bits per heavy atom. The van der Waals surface area contributed by atoms with Gasteiger partial charge in [0.25, 0.3) is 0 Å². The summed E-state index contributed by atoms with van der Waals surface area (Å²) in [6, 6.07) is 1.99. The van der Waals surface area contributed by atoms with Gasteiger partial charge in [0.05, 0.1) is 12.5 Å². The molecule has 1 heterocycles. The molecule has 1 nitrogen and oxygen atoms in total. The van der Waals surface area contributed by atoms with Crippen molar-refractivity contribution in [1.29, 1.82) is 0 Å². The van der Waals surface area contributed by atoms with Crippen molar-refractivity contribution in [2.75, 3.05) is 5.88 Å². The van der Waals surface area contributed by atoms with Crippen LogP contribution in [0.3, 0.4) is 0 Å². The van der Waals surface area contributed by atoms with Gasteiger partial charge in [-0.2, -0.15) is 0 Å². The van der Waals surface area contributed by atoms with Gasteiger partial charge in [-0.05, 0) is 31.4 Å². The summed E-state index contributed by atoms with van der Waals surface area (Å²) in [6.45, 7) is 2.04. The lowest BCUT2D eigenvalue weighted by Crippen LogP contribution is -1.81. The quantitative estimate of drug-likeness (QED) is 0.517. The fourth-order valence-electron chi connectivity index (χ4n) is 0.975. The maximum Gasteiger partial charge on any atom is 0.0934 e. The Bertz CT molecular complexity index is 236. The summed E-state index contributed by atoms with van der Waals surface area (Å²) in [7, 11) is 0. The van der Waals surface area contributed by atoms with E-state index < -0.39 is 0 Å². The third-order valence-corrected chi connectivity index (χ3v) is 2.14.